The van der Waals surface area contributed by atoms with Crippen molar-refractivity contribution in [3.05, 3.63) is 48.0 Å². The Kier molecular flexibility index (Phi) is 4.42. The van der Waals surface area contributed by atoms with E-state index in [-0.39, 0.29) is 18.2 Å². The number of hydrogen-bond acceptors (Lipinski definition) is 9. The van der Waals surface area contributed by atoms with Gasteiger partial charge in [0.05, 0.1) is 17.1 Å². The SMILES string of the molecule is Nc1nc(-c2cnc3c(c2)NS(=O)(=O)C3)cc2cc(Nc3cc4n(n3)CC(=O)NCC4)ncc12. The van der Waals surface area contributed by atoms with Gasteiger partial charge in [-0.15, -0.1) is 0 Å². The Morgan fingerprint density at radius 3 is 2.85 bits per heavy atom. The van der Waals surface area contributed by atoms with Crippen molar-refractivity contribution in [3.63, 3.8) is 0 Å². The van der Waals surface area contributed by atoms with E-state index in [0.717, 1.165) is 11.1 Å². The van der Waals surface area contributed by atoms with Crippen molar-refractivity contribution in [2.24, 2.45) is 0 Å². The standard InChI is InChI=1S/C21H19N9O3S/c22-21-14-8-25-18(27-19-6-13-1-2-23-20(31)9-30(13)28-19)5-11(14)3-15(26-21)12-4-16-17(24-7-12)10-34(32,33)29-16/h3-8,29H,1-2,9-10H2,(H2,22,26)(H,23,31)(H,25,27,28). The van der Waals surface area contributed by atoms with Crippen molar-refractivity contribution in [2.75, 3.05) is 22.3 Å². The van der Waals surface area contributed by atoms with Crippen LogP contribution in [0.3, 0.4) is 0 Å². The van der Waals surface area contributed by atoms with E-state index < -0.39 is 10.0 Å². The summed E-state index contributed by atoms with van der Waals surface area (Å²) in [7, 11) is -3.39. The van der Waals surface area contributed by atoms with Gasteiger partial charge in [-0.25, -0.2) is 18.4 Å². The van der Waals surface area contributed by atoms with Crippen molar-refractivity contribution < 1.29 is 13.2 Å². The Bertz CT molecular complexity index is 1600. The quantitative estimate of drug-likeness (QED) is 0.338. The van der Waals surface area contributed by atoms with Gasteiger partial charge in [0.25, 0.3) is 0 Å². The number of nitrogen functional groups attached to an aromatic ring is 1. The molecule has 2 aliphatic heterocycles. The molecule has 0 unspecified atom stereocenters. The Hall–Kier alpha value is -4.26. The first kappa shape index (κ1) is 20.4. The lowest BCUT2D eigenvalue weighted by atomic mass is 10.1. The van der Waals surface area contributed by atoms with E-state index >= 15 is 0 Å². The van der Waals surface area contributed by atoms with Crippen LogP contribution in [0, 0.1) is 0 Å². The molecule has 12 nitrogen and oxygen atoms in total. The maximum Gasteiger partial charge on any atom is 0.241 e. The highest BCUT2D eigenvalue weighted by atomic mass is 32.2. The van der Waals surface area contributed by atoms with Gasteiger partial charge in [-0.3, -0.25) is 19.2 Å². The number of carbonyl (C=O) groups excluding carboxylic acids is 1. The smallest absolute Gasteiger partial charge is 0.241 e. The molecule has 0 bridgehead atoms. The average molecular weight is 478 g/mol. The van der Waals surface area contributed by atoms with Gasteiger partial charge in [0.2, 0.25) is 15.9 Å². The second-order valence-electron chi connectivity index (χ2n) is 8.17. The van der Waals surface area contributed by atoms with Crippen LogP contribution >= 0.6 is 0 Å². The zero-order valence-electron chi connectivity index (χ0n) is 17.7. The molecule has 6 heterocycles. The highest BCUT2D eigenvalue weighted by molar-refractivity contribution is 7.92. The van der Waals surface area contributed by atoms with Crippen molar-refractivity contribution >= 4 is 49.8 Å². The molecule has 0 saturated carbocycles. The van der Waals surface area contributed by atoms with E-state index in [2.05, 4.69) is 35.4 Å². The molecular formula is C21H19N9O3S. The molecule has 34 heavy (non-hydrogen) atoms. The topological polar surface area (TPSA) is 170 Å². The van der Waals surface area contributed by atoms with Gasteiger partial charge >= 0.3 is 0 Å². The number of fused-ring (bicyclic) bond motifs is 3. The van der Waals surface area contributed by atoms with Crippen LogP contribution in [0.25, 0.3) is 22.0 Å². The minimum Gasteiger partial charge on any atom is -0.383 e. The molecule has 0 aliphatic carbocycles. The van der Waals surface area contributed by atoms with E-state index in [4.69, 9.17) is 5.73 Å². The van der Waals surface area contributed by atoms with Crippen LogP contribution in [0.2, 0.25) is 0 Å². The summed E-state index contributed by atoms with van der Waals surface area (Å²) >= 11 is 0. The van der Waals surface area contributed by atoms with Crippen LogP contribution in [0.1, 0.15) is 11.4 Å². The lowest BCUT2D eigenvalue weighted by Crippen LogP contribution is -2.25. The third-order valence-electron chi connectivity index (χ3n) is 5.72. The Morgan fingerprint density at radius 2 is 1.97 bits per heavy atom. The second-order valence-corrected chi connectivity index (χ2v) is 9.89. The van der Waals surface area contributed by atoms with Gasteiger partial charge < -0.3 is 16.4 Å². The van der Waals surface area contributed by atoms with Crippen LogP contribution < -0.4 is 21.1 Å². The summed E-state index contributed by atoms with van der Waals surface area (Å²) in [5, 5.41) is 11.9. The van der Waals surface area contributed by atoms with E-state index in [1.54, 1.807) is 23.1 Å². The molecule has 172 valence electrons. The van der Waals surface area contributed by atoms with Gasteiger partial charge in [0, 0.05) is 48.1 Å². The van der Waals surface area contributed by atoms with E-state index in [9.17, 15) is 13.2 Å². The predicted octanol–water partition coefficient (Wildman–Crippen LogP) is 1.14. The Labute approximate surface area is 193 Å². The number of carbonyl (C=O) groups is 1. The van der Waals surface area contributed by atoms with Crippen LogP contribution in [-0.4, -0.2) is 45.6 Å². The lowest BCUT2D eigenvalue weighted by Gasteiger charge is -2.09. The summed E-state index contributed by atoms with van der Waals surface area (Å²) in [6.45, 7) is 0.755. The zero-order chi connectivity index (χ0) is 23.4. The molecule has 0 saturated heterocycles. The first-order valence-electron chi connectivity index (χ1n) is 10.5. The number of hydrogen-bond donors (Lipinski definition) is 4. The number of aromatic nitrogens is 5. The number of amides is 1. The van der Waals surface area contributed by atoms with E-state index in [1.807, 2.05) is 18.2 Å². The van der Waals surface area contributed by atoms with Gasteiger partial charge in [-0.05, 0) is 23.6 Å². The fourth-order valence-electron chi connectivity index (χ4n) is 4.12. The summed E-state index contributed by atoms with van der Waals surface area (Å²) < 4.78 is 27.8. The van der Waals surface area contributed by atoms with Crippen molar-refractivity contribution in [1.82, 2.24) is 30.0 Å². The number of nitrogens with zero attached hydrogens (tertiary/aromatic N) is 5. The van der Waals surface area contributed by atoms with Crippen LogP contribution in [0.5, 0.6) is 0 Å². The third-order valence-corrected chi connectivity index (χ3v) is 6.90. The first-order valence-corrected chi connectivity index (χ1v) is 12.1. The van der Waals surface area contributed by atoms with Gasteiger partial charge in [0.15, 0.2) is 5.82 Å². The molecule has 0 fully saturated rings. The molecule has 5 N–H and O–H groups in total. The molecule has 4 aromatic heterocycles. The minimum atomic E-state index is -3.39. The lowest BCUT2D eigenvalue weighted by molar-refractivity contribution is -0.121. The number of nitrogens with one attached hydrogen (secondary N) is 3. The molecule has 0 spiro atoms. The highest BCUT2D eigenvalue weighted by Crippen LogP contribution is 2.32. The number of anilines is 4. The van der Waals surface area contributed by atoms with Crippen LogP contribution in [0.4, 0.5) is 23.1 Å². The average Bonchev–Trinajstić information content (AvgIpc) is 3.24. The molecule has 0 aromatic carbocycles. The van der Waals surface area contributed by atoms with Gasteiger partial charge in [-0.2, -0.15) is 5.10 Å². The summed E-state index contributed by atoms with van der Waals surface area (Å²) in [5.74, 6) is 1.24. The van der Waals surface area contributed by atoms with Crippen molar-refractivity contribution in [2.45, 2.75) is 18.7 Å². The molecule has 6 rings (SSSR count). The summed E-state index contributed by atoms with van der Waals surface area (Å²) in [5.41, 5.74) is 9.27. The largest absolute Gasteiger partial charge is 0.383 e. The van der Waals surface area contributed by atoms with E-state index in [0.29, 0.717) is 58.4 Å². The number of nitrogens with two attached hydrogens (primary N) is 1. The number of sulfonamides is 1. The fraction of sp³-hybridized carbons (Fsp3) is 0.190. The molecule has 13 heteroatoms. The van der Waals surface area contributed by atoms with Gasteiger partial charge in [0.1, 0.15) is 23.9 Å². The van der Waals surface area contributed by atoms with Crippen LogP contribution in [-0.2, 0) is 33.5 Å². The van der Waals surface area contributed by atoms with E-state index in [1.165, 1.54) is 0 Å². The first-order chi connectivity index (χ1) is 16.3. The number of pyridine rings is 3. The maximum atomic E-state index is 11.8. The molecule has 0 radical (unpaired) electrons. The fourth-order valence-corrected chi connectivity index (χ4v) is 5.29. The molecule has 4 aromatic rings. The summed E-state index contributed by atoms with van der Waals surface area (Å²) in [6, 6.07) is 7.28. The Balaban J connectivity index is 1.33. The predicted molar refractivity (Wildman–Crippen MR) is 126 cm³/mol. The normalized spacial score (nSPS) is 16.3. The molecule has 0 atom stereocenters. The maximum absolute atomic E-state index is 11.8. The Morgan fingerprint density at radius 1 is 1.09 bits per heavy atom. The summed E-state index contributed by atoms with van der Waals surface area (Å²) in [4.78, 5) is 24.9. The monoisotopic (exact) mass is 477 g/mol. The van der Waals surface area contributed by atoms with Crippen molar-refractivity contribution in [3.8, 4) is 11.3 Å². The zero-order valence-corrected chi connectivity index (χ0v) is 18.6. The molecule has 1 amide bonds. The van der Waals surface area contributed by atoms with Gasteiger partial charge in [-0.1, -0.05) is 0 Å². The van der Waals surface area contributed by atoms with Crippen molar-refractivity contribution in [1.29, 1.82) is 0 Å². The minimum absolute atomic E-state index is 0.0680. The molecular weight excluding hydrogens is 458 g/mol. The van der Waals surface area contributed by atoms with Crippen LogP contribution in [0.15, 0.2) is 36.7 Å². The second kappa shape index (κ2) is 7.38. The summed E-state index contributed by atoms with van der Waals surface area (Å²) in [6.07, 6.45) is 3.92. The highest BCUT2D eigenvalue weighted by Gasteiger charge is 2.25. The number of rotatable bonds is 3. The third kappa shape index (κ3) is 3.65. The molecule has 2 aliphatic rings.